The Kier molecular flexibility index (Phi) is 3.67. The number of nitrogens with two attached hydrogens (primary N) is 1. The van der Waals surface area contributed by atoms with Gasteiger partial charge in [-0.2, -0.15) is 11.8 Å². The van der Waals surface area contributed by atoms with Gasteiger partial charge in [0, 0.05) is 22.5 Å². The Hall–Kier alpha value is -0.380. The number of hydrogen-bond acceptors (Lipinski definition) is 3. The Morgan fingerprint density at radius 1 is 1.62 bits per heavy atom. The molecule has 0 bridgehead atoms. The smallest absolute Gasteiger partial charge is 0.0619 e. The van der Waals surface area contributed by atoms with Gasteiger partial charge in [0.1, 0.15) is 0 Å². The van der Waals surface area contributed by atoms with E-state index in [-0.39, 0.29) is 5.54 Å². The number of halogens is 1. The molecule has 0 aromatic heterocycles. The van der Waals surface area contributed by atoms with Gasteiger partial charge < -0.3 is 11.1 Å². The van der Waals surface area contributed by atoms with Crippen molar-refractivity contribution in [2.75, 3.05) is 17.6 Å². The van der Waals surface area contributed by atoms with Gasteiger partial charge in [0.15, 0.2) is 0 Å². The molecule has 4 heteroatoms. The molecule has 1 saturated heterocycles. The zero-order valence-corrected chi connectivity index (χ0v) is 10.9. The molecule has 0 saturated carbocycles. The largest absolute Gasteiger partial charge is 0.377 e. The highest BCUT2D eigenvalue weighted by Gasteiger charge is 2.39. The minimum absolute atomic E-state index is 0.0232. The molecule has 1 aromatic rings. The number of benzene rings is 1. The van der Waals surface area contributed by atoms with Crippen molar-refractivity contribution >= 4 is 29.1 Å². The molecule has 3 N–H and O–H groups in total. The van der Waals surface area contributed by atoms with E-state index >= 15 is 0 Å². The third-order valence-electron chi connectivity index (χ3n) is 3.28. The summed E-state index contributed by atoms with van der Waals surface area (Å²) < 4.78 is 0. The third-order valence-corrected chi connectivity index (χ3v) is 4.90. The zero-order chi connectivity index (χ0) is 11.6. The zero-order valence-electron chi connectivity index (χ0n) is 9.37. The molecule has 2 unspecified atom stereocenters. The van der Waals surface area contributed by atoms with Crippen molar-refractivity contribution in [2.45, 2.75) is 24.1 Å². The van der Waals surface area contributed by atoms with Crippen LogP contribution in [0.15, 0.2) is 24.3 Å². The molecule has 0 radical (unpaired) electrons. The van der Waals surface area contributed by atoms with E-state index in [1.807, 2.05) is 36.0 Å². The van der Waals surface area contributed by atoms with Crippen molar-refractivity contribution in [3.05, 3.63) is 29.3 Å². The lowest BCUT2D eigenvalue weighted by Crippen LogP contribution is -2.49. The fourth-order valence-electron chi connectivity index (χ4n) is 2.12. The molecule has 1 fully saturated rings. The van der Waals surface area contributed by atoms with E-state index in [4.69, 9.17) is 17.3 Å². The maximum absolute atomic E-state index is 5.98. The Balaban J connectivity index is 2.18. The van der Waals surface area contributed by atoms with Crippen LogP contribution in [0.4, 0.5) is 5.69 Å². The van der Waals surface area contributed by atoms with Gasteiger partial charge in [-0.15, -0.1) is 0 Å². The maximum Gasteiger partial charge on any atom is 0.0619 e. The molecule has 0 aliphatic carbocycles. The molecule has 88 valence electrons. The van der Waals surface area contributed by atoms with Gasteiger partial charge in [0.25, 0.3) is 0 Å². The molecule has 0 amide bonds. The summed E-state index contributed by atoms with van der Waals surface area (Å²) in [6.45, 7) is 2.90. The van der Waals surface area contributed by atoms with E-state index in [1.165, 1.54) is 5.75 Å². The van der Waals surface area contributed by atoms with E-state index in [0.29, 0.717) is 11.8 Å². The number of nitrogens with one attached hydrogen (secondary N) is 1. The molecule has 1 aliphatic heterocycles. The van der Waals surface area contributed by atoms with Gasteiger partial charge in [-0.3, -0.25) is 0 Å². The van der Waals surface area contributed by atoms with Crippen molar-refractivity contribution < 1.29 is 0 Å². The molecule has 0 spiro atoms. The lowest BCUT2D eigenvalue weighted by Gasteiger charge is -2.34. The van der Waals surface area contributed by atoms with Crippen LogP contribution in [-0.2, 0) is 0 Å². The second-order valence-electron chi connectivity index (χ2n) is 4.26. The molecule has 1 aromatic carbocycles. The standard InChI is InChI=1S/C12H17ClN2S/c1-9-12(8-14,5-6-16-9)15-11-4-2-3-10(13)7-11/h2-4,7,9,15H,5-6,8,14H2,1H3. The predicted octanol–water partition coefficient (Wildman–Crippen LogP) is 2.97. The van der Waals surface area contributed by atoms with Crippen LogP contribution in [0.3, 0.4) is 0 Å². The first-order valence-corrected chi connectivity index (χ1v) is 6.94. The van der Waals surface area contributed by atoms with E-state index in [1.54, 1.807) is 0 Å². The number of anilines is 1. The molecule has 2 atom stereocenters. The topological polar surface area (TPSA) is 38.0 Å². The van der Waals surface area contributed by atoms with Crippen molar-refractivity contribution in [1.29, 1.82) is 0 Å². The summed E-state index contributed by atoms with van der Waals surface area (Å²) in [4.78, 5) is 0. The Bertz CT molecular complexity index is 372. The minimum atomic E-state index is 0.0232. The third kappa shape index (κ3) is 2.31. The molecule has 2 nitrogen and oxygen atoms in total. The summed E-state index contributed by atoms with van der Waals surface area (Å²) in [5, 5.41) is 4.86. The van der Waals surface area contributed by atoms with Crippen LogP contribution in [0.5, 0.6) is 0 Å². The molecule has 2 rings (SSSR count). The fourth-order valence-corrected chi connectivity index (χ4v) is 3.74. The summed E-state index contributed by atoms with van der Waals surface area (Å²) in [6, 6.07) is 7.84. The second-order valence-corrected chi connectivity index (χ2v) is 6.14. The first-order chi connectivity index (χ1) is 7.66. The van der Waals surface area contributed by atoms with Crippen molar-refractivity contribution in [2.24, 2.45) is 5.73 Å². The van der Waals surface area contributed by atoms with Crippen LogP contribution in [-0.4, -0.2) is 23.1 Å². The number of rotatable bonds is 3. The van der Waals surface area contributed by atoms with E-state index in [9.17, 15) is 0 Å². The lowest BCUT2D eigenvalue weighted by molar-refractivity contribution is 0.480. The highest BCUT2D eigenvalue weighted by Crippen LogP contribution is 2.37. The maximum atomic E-state index is 5.98. The molecule has 1 heterocycles. The van der Waals surface area contributed by atoms with E-state index in [0.717, 1.165) is 17.1 Å². The summed E-state index contributed by atoms with van der Waals surface area (Å²) in [5.41, 5.74) is 7.02. The highest BCUT2D eigenvalue weighted by molar-refractivity contribution is 8.00. The van der Waals surface area contributed by atoms with Gasteiger partial charge in [-0.1, -0.05) is 24.6 Å². The van der Waals surface area contributed by atoms with E-state index in [2.05, 4.69) is 12.2 Å². The Morgan fingerprint density at radius 3 is 3.00 bits per heavy atom. The normalized spacial score (nSPS) is 29.3. The van der Waals surface area contributed by atoms with Gasteiger partial charge in [-0.05, 0) is 30.4 Å². The summed E-state index contributed by atoms with van der Waals surface area (Å²) in [7, 11) is 0. The van der Waals surface area contributed by atoms with Gasteiger partial charge in [0.05, 0.1) is 5.54 Å². The number of thioether (sulfide) groups is 1. The molecule has 16 heavy (non-hydrogen) atoms. The molecular weight excluding hydrogens is 240 g/mol. The molecular formula is C12H17ClN2S. The summed E-state index contributed by atoms with van der Waals surface area (Å²) >= 11 is 7.96. The van der Waals surface area contributed by atoms with Gasteiger partial charge in [-0.25, -0.2) is 0 Å². The minimum Gasteiger partial charge on any atom is -0.377 e. The van der Waals surface area contributed by atoms with Crippen molar-refractivity contribution in [3.8, 4) is 0 Å². The van der Waals surface area contributed by atoms with Crippen molar-refractivity contribution in [3.63, 3.8) is 0 Å². The monoisotopic (exact) mass is 256 g/mol. The van der Waals surface area contributed by atoms with Crippen LogP contribution in [0, 0.1) is 0 Å². The first-order valence-electron chi connectivity index (χ1n) is 5.52. The lowest BCUT2D eigenvalue weighted by atomic mass is 9.92. The number of hydrogen-bond donors (Lipinski definition) is 2. The van der Waals surface area contributed by atoms with Crippen LogP contribution in [0.2, 0.25) is 5.02 Å². The Morgan fingerprint density at radius 2 is 2.44 bits per heavy atom. The summed E-state index contributed by atoms with van der Waals surface area (Å²) in [6.07, 6.45) is 1.11. The summed E-state index contributed by atoms with van der Waals surface area (Å²) in [5.74, 6) is 1.17. The predicted molar refractivity (Wildman–Crippen MR) is 73.4 cm³/mol. The van der Waals surface area contributed by atoms with Crippen LogP contribution in [0.1, 0.15) is 13.3 Å². The van der Waals surface area contributed by atoms with Gasteiger partial charge >= 0.3 is 0 Å². The van der Waals surface area contributed by atoms with Crippen molar-refractivity contribution in [1.82, 2.24) is 0 Å². The SMILES string of the molecule is CC1SCCC1(CN)Nc1cccc(Cl)c1. The van der Waals surface area contributed by atoms with Crippen LogP contribution in [0.25, 0.3) is 0 Å². The van der Waals surface area contributed by atoms with Gasteiger partial charge in [0.2, 0.25) is 0 Å². The van der Waals surface area contributed by atoms with E-state index < -0.39 is 0 Å². The fraction of sp³-hybridized carbons (Fsp3) is 0.500. The average Bonchev–Trinajstić information content (AvgIpc) is 2.61. The first kappa shape index (κ1) is 12.1. The van der Waals surface area contributed by atoms with Crippen LogP contribution >= 0.6 is 23.4 Å². The second kappa shape index (κ2) is 4.86. The quantitative estimate of drug-likeness (QED) is 0.873. The molecule has 1 aliphatic rings. The Labute approximate surface area is 106 Å². The van der Waals surface area contributed by atoms with Crippen LogP contribution < -0.4 is 11.1 Å². The average molecular weight is 257 g/mol. The highest BCUT2D eigenvalue weighted by atomic mass is 35.5.